The van der Waals surface area contributed by atoms with Gasteiger partial charge in [0.05, 0.1) is 0 Å². The van der Waals surface area contributed by atoms with Crippen LogP contribution in [0.5, 0.6) is 0 Å². The van der Waals surface area contributed by atoms with E-state index in [4.69, 9.17) is 0 Å². The molecule has 0 aliphatic heterocycles. The standard InChI is InChI=1S/C14H14N2S2/c1-10(8-11-3-6-17-9-11)16-14-12-4-7-18-13(12)2-5-15-14/h2-7,9-10H,8H2,1H3,(H,15,16). The summed E-state index contributed by atoms with van der Waals surface area (Å²) in [6, 6.07) is 6.76. The maximum Gasteiger partial charge on any atom is 0.134 e. The topological polar surface area (TPSA) is 24.9 Å². The smallest absolute Gasteiger partial charge is 0.134 e. The van der Waals surface area contributed by atoms with Crippen molar-refractivity contribution in [1.29, 1.82) is 0 Å². The van der Waals surface area contributed by atoms with Gasteiger partial charge < -0.3 is 5.32 Å². The summed E-state index contributed by atoms with van der Waals surface area (Å²) in [7, 11) is 0. The fourth-order valence-corrected chi connectivity index (χ4v) is 3.52. The summed E-state index contributed by atoms with van der Waals surface area (Å²) in [5.74, 6) is 0.997. The van der Waals surface area contributed by atoms with Crippen molar-refractivity contribution in [2.75, 3.05) is 5.32 Å². The molecule has 1 N–H and O–H groups in total. The van der Waals surface area contributed by atoms with Crippen LogP contribution < -0.4 is 5.32 Å². The molecule has 0 fully saturated rings. The molecular weight excluding hydrogens is 260 g/mol. The highest BCUT2D eigenvalue weighted by atomic mass is 32.1. The van der Waals surface area contributed by atoms with Crippen LogP contribution in [0.4, 0.5) is 5.82 Å². The van der Waals surface area contributed by atoms with Crippen LogP contribution in [0, 0.1) is 0 Å². The molecule has 3 aromatic heterocycles. The van der Waals surface area contributed by atoms with E-state index >= 15 is 0 Å². The van der Waals surface area contributed by atoms with Crippen molar-refractivity contribution in [3.05, 3.63) is 46.1 Å². The Morgan fingerprint density at radius 2 is 2.22 bits per heavy atom. The number of thiophene rings is 2. The molecule has 3 rings (SSSR count). The van der Waals surface area contributed by atoms with E-state index in [0.29, 0.717) is 6.04 Å². The zero-order valence-corrected chi connectivity index (χ0v) is 11.7. The molecule has 3 heterocycles. The molecule has 0 bridgehead atoms. The number of rotatable bonds is 4. The molecule has 92 valence electrons. The van der Waals surface area contributed by atoms with Gasteiger partial charge >= 0.3 is 0 Å². The molecule has 0 aliphatic carbocycles. The number of pyridine rings is 1. The molecule has 3 aromatic rings. The summed E-state index contributed by atoms with van der Waals surface area (Å²) in [6.07, 6.45) is 2.91. The Balaban J connectivity index is 1.77. The Kier molecular flexibility index (Phi) is 3.30. The van der Waals surface area contributed by atoms with Crippen LogP contribution in [-0.2, 0) is 6.42 Å². The first-order valence-electron chi connectivity index (χ1n) is 5.93. The van der Waals surface area contributed by atoms with Crippen LogP contribution in [0.1, 0.15) is 12.5 Å². The van der Waals surface area contributed by atoms with Crippen LogP contribution in [0.25, 0.3) is 10.1 Å². The van der Waals surface area contributed by atoms with Gasteiger partial charge in [-0.25, -0.2) is 4.98 Å². The Bertz CT molecular complexity index is 628. The minimum atomic E-state index is 0.387. The highest BCUT2D eigenvalue weighted by Gasteiger charge is 2.08. The van der Waals surface area contributed by atoms with Crippen molar-refractivity contribution in [1.82, 2.24) is 4.98 Å². The van der Waals surface area contributed by atoms with E-state index in [9.17, 15) is 0 Å². The minimum absolute atomic E-state index is 0.387. The van der Waals surface area contributed by atoms with Crippen molar-refractivity contribution in [3.63, 3.8) is 0 Å². The predicted octanol–water partition coefficient (Wildman–Crippen LogP) is 4.40. The summed E-state index contributed by atoms with van der Waals surface area (Å²) < 4.78 is 1.29. The zero-order valence-electron chi connectivity index (χ0n) is 10.1. The Labute approximate surface area is 114 Å². The molecule has 0 spiro atoms. The lowest BCUT2D eigenvalue weighted by molar-refractivity contribution is 0.789. The van der Waals surface area contributed by atoms with Crippen LogP contribution in [0.15, 0.2) is 40.5 Å². The van der Waals surface area contributed by atoms with Crippen molar-refractivity contribution in [2.24, 2.45) is 0 Å². The van der Waals surface area contributed by atoms with Crippen LogP contribution in [0.2, 0.25) is 0 Å². The highest BCUT2D eigenvalue weighted by Crippen LogP contribution is 2.26. The van der Waals surface area contributed by atoms with E-state index in [2.05, 4.69) is 51.6 Å². The van der Waals surface area contributed by atoms with Gasteiger partial charge in [0, 0.05) is 22.3 Å². The fraction of sp³-hybridized carbons (Fsp3) is 0.214. The maximum absolute atomic E-state index is 4.45. The molecule has 0 radical (unpaired) electrons. The summed E-state index contributed by atoms with van der Waals surface area (Å²) >= 11 is 3.51. The number of nitrogens with zero attached hydrogens (tertiary/aromatic N) is 1. The second-order valence-corrected chi connectivity index (χ2v) is 6.10. The van der Waals surface area contributed by atoms with E-state index in [1.807, 2.05) is 6.20 Å². The predicted molar refractivity (Wildman–Crippen MR) is 80.7 cm³/mol. The first kappa shape index (κ1) is 11.7. The van der Waals surface area contributed by atoms with Gasteiger partial charge in [-0.15, -0.1) is 11.3 Å². The first-order valence-corrected chi connectivity index (χ1v) is 7.75. The van der Waals surface area contributed by atoms with Crippen LogP contribution in [-0.4, -0.2) is 11.0 Å². The average molecular weight is 274 g/mol. The van der Waals surface area contributed by atoms with Gasteiger partial charge in [0.1, 0.15) is 5.82 Å². The van der Waals surface area contributed by atoms with Gasteiger partial charge in [-0.1, -0.05) is 0 Å². The lowest BCUT2D eigenvalue weighted by Gasteiger charge is -2.14. The number of hydrogen-bond acceptors (Lipinski definition) is 4. The largest absolute Gasteiger partial charge is 0.367 e. The van der Waals surface area contributed by atoms with Gasteiger partial charge in [0.25, 0.3) is 0 Å². The third kappa shape index (κ3) is 2.40. The third-order valence-electron chi connectivity index (χ3n) is 2.88. The van der Waals surface area contributed by atoms with Crippen molar-refractivity contribution in [2.45, 2.75) is 19.4 Å². The molecular formula is C14H14N2S2. The van der Waals surface area contributed by atoms with Gasteiger partial charge in [-0.05, 0) is 53.2 Å². The second-order valence-electron chi connectivity index (χ2n) is 4.37. The second kappa shape index (κ2) is 5.08. The summed E-state index contributed by atoms with van der Waals surface area (Å²) in [5, 5.41) is 11.2. The zero-order chi connectivity index (χ0) is 12.4. The lowest BCUT2D eigenvalue weighted by atomic mass is 10.1. The lowest BCUT2D eigenvalue weighted by Crippen LogP contribution is -2.18. The number of anilines is 1. The maximum atomic E-state index is 4.45. The van der Waals surface area contributed by atoms with Gasteiger partial charge in [-0.3, -0.25) is 0 Å². The third-order valence-corrected chi connectivity index (χ3v) is 4.50. The Morgan fingerprint density at radius 3 is 3.06 bits per heavy atom. The number of aromatic nitrogens is 1. The summed E-state index contributed by atoms with van der Waals surface area (Å²) in [4.78, 5) is 4.45. The number of fused-ring (bicyclic) bond motifs is 1. The molecule has 1 unspecified atom stereocenters. The Hall–Kier alpha value is -1.39. The number of hydrogen-bond donors (Lipinski definition) is 1. The molecule has 0 saturated carbocycles. The minimum Gasteiger partial charge on any atom is -0.367 e. The van der Waals surface area contributed by atoms with Crippen molar-refractivity contribution < 1.29 is 0 Å². The quantitative estimate of drug-likeness (QED) is 0.762. The molecule has 0 aliphatic rings. The van der Waals surface area contributed by atoms with E-state index in [1.165, 1.54) is 15.6 Å². The molecule has 18 heavy (non-hydrogen) atoms. The van der Waals surface area contributed by atoms with E-state index in [0.717, 1.165) is 12.2 Å². The normalized spacial score (nSPS) is 12.7. The number of nitrogens with one attached hydrogen (secondary N) is 1. The fourth-order valence-electron chi connectivity index (χ4n) is 2.06. The molecule has 2 nitrogen and oxygen atoms in total. The SMILES string of the molecule is CC(Cc1ccsc1)Nc1nccc2sccc12. The monoisotopic (exact) mass is 274 g/mol. The van der Waals surface area contributed by atoms with Crippen LogP contribution in [0.3, 0.4) is 0 Å². The van der Waals surface area contributed by atoms with E-state index in [-0.39, 0.29) is 0 Å². The first-order chi connectivity index (χ1) is 8.83. The van der Waals surface area contributed by atoms with Crippen molar-refractivity contribution >= 4 is 38.6 Å². The summed E-state index contributed by atoms with van der Waals surface area (Å²) in [5.41, 5.74) is 1.39. The van der Waals surface area contributed by atoms with Crippen LogP contribution >= 0.6 is 22.7 Å². The average Bonchev–Trinajstić information content (AvgIpc) is 2.99. The molecule has 0 aromatic carbocycles. The van der Waals surface area contributed by atoms with E-state index in [1.54, 1.807) is 22.7 Å². The van der Waals surface area contributed by atoms with Gasteiger partial charge in [0.15, 0.2) is 0 Å². The molecule has 0 saturated heterocycles. The van der Waals surface area contributed by atoms with Gasteiger partial charge in [0.2, 0.25) is 0 Å². The highest BCUT2D eigenvalue weighted by molar-refractivity contribution is 7.17. The Morgan fingerprint density at radius 1 is 1.28 bits per heavy atom. The molecule has 1 atom stereocenters. The summed E-state index contributed by atoms with van der Waals surface area (Å²) in [6.45, 7) is 2.20. The van der Waals surface area contributed by atoms with Gasteiger partial charge in [-0.2, -0.15) is 11.3 Å². The molecule has 4 heteroatoms. The van der Waals surface area contributed by atoms with Crippen molar-refractivity contribution in [3.8, 4) is 0 Å². The molecule has 0 amide bonds. The van der Waals surface area contributed by atoms with E-state index < -0.39 is 0 Å².